The van der Waals surface area contributed by atoms with Gasteiger partial charge in [-0.05, 0) is 58.7 Å². The second-order valence-corrected chi connectivity index (χ2v) is 4.74. The second-order valence-electron chi connectivity index (χ2n) is 3.83. The number of anilines is 2. The molecular weight excluding hydrogens is 283 g/mol. The van der Waals surface area contributed by atoms with Gasteiger partial charge in [0.2, 0.25) is 0 Å². The molecule has 0 fully saturated rings. The number of hydrogen-bond acceptors (Lipinski definition) is 2. The van der Waals surface area contributed by atoms with Gasteiger partial charge in [0.25, 0.3) is 0 Å². The lowest BCUT2D eigenvalue weighted by Crippen LogP contribution is -2.11. The zero-order chi connectivity index (χ0) is 12.4. The van der Waals surface area contributed by atoms with Crippen LogP contribution in [0.3, 0.4) is 0 Å². The lowest BCUT2D eigenvalue weighted by Gasteiger charge is -2.18. The molecule has 2 nitrogen and oxygen atoms in total. The van der Waals surface area contributed by atoms with Crippen LogP contribution in [0.25, 0.3) is 0 Å². The highest BCUT2D eigenvalue weighted by Gasteiger charge is 2.06. The molecular formula is C13H12BrFN2. The van der Waals surface area contributed by atoms with Crippen LogP contribution in [0.2, 0.25) is 0 Å². The molecule has 0 aliphatic rings. The Hall–Kier alpha value is -1.42. The van der Waals surface area contributed by atoms with Crippen molar-refractivity contribution in [2.45, 2.75) is 6.92 Å². The van der Waals surface area contributed by atoms with Gasteiger partial charge in [-0.25, -0.2) is 9.37 Å². The van der Waals surface area contributed by atoms with E-state index in [9.17, 15) is 4.39 Å². The van der Waals surface area contributed by atoms with Gasteiger partial charge in [-0.15, -0.1) is 0 Å². The Kier molecular flexibility index (Phi) is 3.43. The van der Waals surface area contributed by atoms with E-state index in [1.54, 1.807) is 25.3 Å². The normalized spacial score (nSPS) is 10.4. The van der Waals surface area contributed by atoms with Crippen molar-refractivity contribution in [2.24, 2.45) is 0 Å². The zero-order valence-corrected chi connectivity index (χ0v) is 11.2. The first kappa shape index (κ1) is 12.0. The second kappa shape index (κ2) is 4.84. The maximum absolute atomic E-state index is 13.2. The summed E-state index contributed by atoms with van der Waals surface area (Å²) < 4.78 is 14.1. The first-order valence-corrected chi connectivity index (χ1v) is 5.98. The van der Waals surface area contributed by atoms with E-state index in [1.807, 2.05) is 24.1 Å². The third kappa shape index (κ3) is 2.64. The van der Waals surface area contributed by atoms with E-state index in [1.165, 1.54) is 6.07 Å². The lowest BCUT2D eigenvalue weighted by molar-refractivity contribution is 0.618. The summed E-state index contributed by atoms with van der Waals surface area (Å²) in [6.07, 6.45) is 1.74. The molecule has 0 bridgehead atoms. The lowest BCUT2D eigenvalue weighted by atomic mass is 10.2. The van der Waals surface area contributed by atoms with Crippen LogP contribution >= 0.6 is 15.9 Å². The molecule has 1 aromatic carbocycles. The van der Waals surface area contributed by atoms with Crippen molar-refractivity contribution in [1.82, 2.24) is 4.98 Å². The number of rotatable bonds is 2. The molecule has 1 heterocycles. The summed E-state index contributed by atoms with van der Waals surface area (Å²) in [7, 11) is 1.91. The molecule has 4 heteroatoms. The summed E-state index contributed by atoms with van der Waals surface area (Å²) in [5.41, 5.74) is 1.55. The highest BCUT2D eigenvalue weighted by molar-refractivity contribution is 9.10. The third-order valence-corrected chi connectivity index (χ3v) is 3.05. The molecule has 0 atom stereocenters. The summed E-state index contributed by atoms with van der Waals surface area (Å²) in [6.45, 7) is 1.75. The molecule has 0 radical (unpaired) electrons. The van der Waals surface area contributed by atoms with Gasteiger partial charge >= 0.3 is 0 Å². The largest absolute Gasteiger partial charge is 0.329 e. The Bertz CT molecular complexity index is 525. The van der Waals surface area contributed by atoms with Crippen molar-refractivity contribution in [3.8, 4) is 0 Å². The summed E-state index contributed by atoms with van der Waals surface area (Å²) in [4.78, 5) is 6.21. The summed E-state index contributed by atoms with van der Waals surface area (Å²) in [5.74, 6) is 0.630. The summed E-state index contributed by atoms with van der Waals surface area (Å²) >= 11 is 3.34. The number of hydrogen-bond donors (Lipinski definition) is 0. The topological polar surface area (TPSA) is 16.1 Å². The number of pyridine rings is 1. The van der Waals surface area contributed by atoms with Gasteiger partial charge in [0.05, 0.1) is 0 Å². The minimum absolute atomic E-state index is 0.189. The van der Waals surface area contributed by atoms with E-state index in [0.717, 1.165) is 16.0 Å². The molecule has 0 unspecified atom stereocenters. The molecule has 17 heavy (non-hydrogen) atoms. The van der Waals surface area contributed by atoms with Crippen molar-refractivity contribution < 1.29 is 4.39 Å². The minimum Gasteiger partial charge on any atom is -0.329 e. The fourth-order valence-electron chi connectivity index (χ4n) is 1.54. The molecule has 2 rings (SSSR count). The Balaban J connectivity index is 2.33. The van der Waals surface area contributed by atoms with Crippen LogP contribution in [-0.2, 0) is 0 Å². The van der Waals surface area contributed by atoms with E-state index in [0.29, 0.717) is 5.56 Å². The number of aryl methyl sites for hydroxylation is 1. The molecule has 1 aromatic heterocycles. The van der Waals surface area contributed by atoms with Crippen molar-refractivity contribution in [2.75, 3.05) is 11.9 Å². The Morgan fingerprint density at radius 2 is 2.00 bits per heavy atom. The fraction of sp³-hybridized carbons (Fsp3) is 0.154. The SMILES string of the molecule is Cc1cc(N(C)c2ccc(Br)cn2)ccc1F. The molecule has 0 spiro atoms. The third-order valence-electron chi connectivity index (χ3n) is 2.58. The highest BCUT2D eigenvalue weighted by atomic mass is 79.9. The fourth-order valence-corrected chi connectivity index (χ4v) is 1.77. The molecule has 0 aliphatic carbocycles. The van der Waals surface area contributed by atoms with Crippen LogP contribution in [0.5, 0.6) is 0 Å². The maximum Gasteiger partial charge on any atom is 0.132 e. The molecule has 0 saturated heterocycles. The van der Waals surface area contributed by atoms with Crippen LogP contribution in [0.1, 0.15) is 5.56 Å². The molecule has 2 aromatic rings. The maximum atomic E-state index is 13.2. The van der Waals surface area contributed by atoms with E-state index >= 15 is 0 Å². The van der Waals surface area contributed by atoms with E-state index < -0.39 is 0 Å². The Morgan fingerprint density at radius 3 is 2.59 bits per heavy atom. The average molecular weight is 295 g/mol. The standard InChI is InChI=1S/C13H12BrFN2/c1-9-7-11(4-5-12(9)15)17(2)13-6-3-10(14)8-16-13/h3-8H,1-2H3. The molecule has 0 amide bonds. The Morgan fingerprint density at radius 1 is 1.24 bits per heavy atom. The first-order chi connectivity index (χ1) is 8.08. The van der Waals surface area contributed by atoms with Gasteiger partial charge in [-0.2, -0.15) is 0 Å². The smallest absolute Gasteiger partial charge is 0.132 e. The van der Waals surface area contributed by atoms with Gasteiger partial charge in [0.15, 0.2) is 0 Å². The molecule has 0 N–H and O–H groups in total. The van der Waals surface area contributed by atoms with Crippen LogP contribution in [0.4, 0.5) is 15.9 Å². The first-order valence-electron chi connectivity index (χ1n) is 5.19. The predicted octanol–water partition coefficient (Wildman–Crippen LogP) is 4.06. The Labute approximate surface area is 108 Å². The van der Waals surface area contributed by atoms with E-state index in [4.69, 9.17) is 0 Å². The minimum atomic E-state index is -0.189. The molecule has 88 valence electrons. The van der Waals surface area contributed by atoms with Crippen molar-refractivity contribution in [1.29, 1.82) is 0 Å². The summed E-state index contributed by atoms with van der Waals surface area (Å²) in [6, 6.07) is 8.85. The highest BCUT2D eigenvalue weighted by Crippen LogP contribution is 2.24. The monoisotopic (exact) mass is 294 g/mol. The van der Waals surface area contributed by atoms with Gasteiger partial charge < -0.3 is 4.90 Å². The number of halogens is 2. The van der Waals surface area contributed by atoms with Crippen LogP contribution in [0, 0.1) is 12.7 Å². The molecule has 0 aliphatic heterocycles. The van der Waals surface area contributed by atoms with Gasteiger partial charge in [0, 0.05) is 23.4 Å². The number of benzene rings is 1. The van der Waals surface area contributed by atoms with Crippen molar-refractivity contribution in [3.63, 3.8) is 0 Å². The van der Waals surface area contributed by atoms with Gasteiger partial charge in [-0.1, -0.05) is 0 Å². The van der Waals surface area contributed by atoms with Crippen LogP contribution < -0.4 is 4.90 Å². The van der Waals surface area contributed by atoms with E-state index in [2.05, 4.69) is 20.9 Å². The molecule has 0 saturated carbocycles. The summed E-state index contributed by atoms with van der Waals surface area (Å²) in [5, 5.41) is 0. The number of nitrogens with zero attached hydrogens (tertiary/aromatic N) is 2. The van der Waals surface area contributed by atoms with Gasteiger partial charge in [0.1, 0.15) is 11.6 Å². The van der Waals surface area contributed by atoms with Crippen molar-refractivity contribution in [3.05, 3.63) is 52.4 Å². The van der Waals surface area contributed by atoms with Crippen molar-refractivity contribution >= 4 is 27.4 Å². The predicted molar refractivity (Wildman–Crippen MR) is 71.1 cm³/mol. The van der Waals surface area contributed by atoms with E-state index in [-0.39, 0.29) is 5.82 Å². The van der Waals surface area contributed by atoms with Gasteiger partial charge in [-0.3, -0.25) is 0 Å². The average Bonchev–Trinajstić information content (AvgIpc) is 2.33. The quantitative estimate of drug-likeness (QED) is 0.830. The van der Waals surface area contributed by atoms with Crippen LogP contribution in [-0.4, -0.2) is 12.0 Å². The zero-order valence-electron chi connectivity index (χ0n) is 9.61. The number of aromatic nitrogens is 1. The van der Waals surface area contributed by atoms with Crippen LogP contribution in [0.15, 0.2) is 41.0 Å².